The molecule has 1 N–H and O–H groups in total. The number of hydrogen-bond acceptors (Lipinski definition) is 2. The molecule has 0 aromatic heterocycles. The molecule has 0 saturated carbocycles. The SMILES string of the molecule is CC1=CC(=Cc2cc(C)c(O)c(C(C)(C)CC(C)(C)C)c2)C=C(C(C)(C)CC(C)(C)C)C1=O. The molecule has 0 heterocycles. The Balaban J connectivity index is 2.58. The minimum absolute atomic E-state index is 0.130. The minimum Gasteiger partial charge on any atom is -0.507 e. The first-order valence-corrected chi connectivity index (χ1v) is 12.2. The molecule has 182 valence electrons. The van der Waals surface area contributed by atoms with Gasteiger partial charge in [-0.3, -0.25) is 4.79 Å². The number of aryl methyl sites for hydroxylation is 1. The summed E-state index contributed by atoms with van der Waals surface area (Å²) in [6, 6.07) is 4.15. The van der Waals surface area contributed by atoms with Crippen LogP contribution in [0.4, 0.5) is 0 Å². The number of carbonyl (C=O) groups excluding carboxylic acids is 1. The predicted molar refractivity (Wildman–Crippen MR) is 143 cm³/mol. The highest BCUT2D eigenvalue weighted by Gasteiger charge is 2.35. The lowest BCUT2D eigenvalue weighted by molar-refractivity contribution is -0.113. The second-order valence-corrected chi connectivity index (χ2v) is 13.8. The van der Waals surface area contributed by atoms with Crippen LogP contribution in [0.2, 0.25) is 0 Å². The molecule has 0 radical (unpaired) electrons. The van der Waals surface area contributed by atoms with Crippen molar-refractivity contribution in [3.63, 3.8) is 0 Å². The molecule has 1 aliphatic rings. The van der Waals surface area contributed by atoms with E-state index in [9.17, 15) is 9.90 Å². The van der Waals surface area contributed by atoms with Gasteiger partial charge >= 0.3 is 0 Å². The summed E-state index contributed by atoms with van der Waals surface area (Å²) in [5, 5.41) is 10.9. The molecular weight excluding hydrogens is 404 g/mol. The smallest absolute Gasteiger partial charge is 0.185 e. The third-order valence-corrected chi connectivity index (χ3v) is 6.36. The number of carbonyl (C=O) groups is 1. The summed E-state index contributed by atoms with van der Waals surface area (Å²) in [6.07, 6.45) is 8.10. The number of phenols is 1. The first kappa shape index (κ1) is 27.2. The molecule has 0 fully saturated rings. The van der Waals surface area contributed by atoms with E-state index in [1.807, 2.05) is 26.0 Å². The van der Waals surface area contributed by atoms with Gasteiger partial charge in [0.1, 0.15) is 5.75 Å². The minimum atomic E-state index is -0.214. The van der Waals surface area contributed by atoms with Crippen LogP contribution in [0.1, 0.15) is 106 Å². The van der Waals surface area contributed by atoms with Crippen LogP contribution in [0.5, 0.6) is 5.75 Å². The Morgan fingerprint density at radius 1 is 0.788 bits per heavy atom. The maximum atomic E-state index is 13.1. The second kappa shape index (κ2) is 8.93. The first-order valence-electron chi connectivity index (χ1n) is 12.2. The van der Waals surface area contributed by atoms with Crippen LogP contribution in [-0.4, -0.2) is 10.9 Å². The van der Waals surface area contributed by atoms with Crippen molar-refractivity contribution in [3.05, 3.63) is 57.7 Å². The Hall–Kier alpha value is -2.09. The second-order valence-electron chi connectivity index (χ2n) is 13.8. The van der Waals surface area contributed by atoms with E-state index in [-0.39, 0.29) is 27.4 Å². The fraction of sp³-hybridized carbons (Fsp3) is 0.581. The van der Waals surface area contributed by atoms with Crippen LogP contribution >= 0.6 is 0 Å². The molecule has 1 aromatic rings. The van der Waals surface area contributed by atoms with Crippen molar-refractivity contribution >= 4 is 11.9 Å². The molecule has 0 saturated heterocycles. The molecule has 0 spiro atoms. The lowest BCUT2D eigenvalue weighted by Gasteiger charge is -2.35. The lowest BCUT2D eigenvalue weighted by atomic mass is 9.68. The van der Waals surface area contributed by atoms with Crippen LogP contribution in [0.15, 0.2) is 41.0 Å². The Bertz CT molecular complexity index is 1010. The third-order valence-electron chi connectivity index (χ3n) is 6.36. The molecular formula is C31H46O2. The molecule has 33 heavy (non-hydrogen) atoms. The largest absolute Gasteiger partial charge is 0.507 e. The quantitative estimate of drug-likeness (QED) is 0.487. The number of benzene rings is 1. The topological polar surface area (TPSA) is 37.3 Å². The fourth-order valence-corrected chi connectivity index (χ4v) is 5.83. The van der Waals surface area contributed by atoms with Crippen molar-refractivity contribution in [1.82, 2.24) is 0 Å². The van der Waals surface area contributed by atoms with Crippen molar-refractivity contribution in [1.29, 1.82) is 0 Å². The monoisotopic (exact) mass is 450 g/mol. The van der Waals surface area contributed by atoms with E-state index in [2.05, 4.69) is 87.5 Å². The highest BCUT2D eigenvalue weighted by Crippen LogP contribution is 2.44. The maximum absolute atomic E-state index is 13.1. The summed E-state index contributed by atoms with van der Waals surface area (Å²) in [5.41, 5.74) is 5.52. The van der Waals surface area contributed by atoms with Gasteiger partial charge in [-0.05, 0) is 101 Å². The Kier molecular flexibility index (Phi) is 7.35. The van der Waals surface area contributed by atoms with Crippen LogP contribution in [0.25, 0.3) is 6.08 Å². The summed E-state index contributed by atoms with van der Waals surface area (Å²) in [6.45, 7) is 26.0. The van der Waals surface area contributed by atoms with Gasteiger partial charge in [0.2, 0.25) is 0 Å². The van der Waals surface area contributed by atoms with Gasteiger partial charge < -0.3 is 5.11 Å². The Morgan fingerprint density at radius 3 is 1.82 bits per heavy atom. The fourth-order valence-electron chi connectivity index (χ4n) is 5.83. The van der Waals surface area contributed by atoms with Gasteiger partial charge in [-0.2, -0.15) is 0 Å². The summed E-state index contributed by atoms with van der Waals surface area (Å²) >= 11 is 0. The molecule has 0 aliphatic heterocycles. The predicted octanol–water partition coefficient (Wildman–Crippen LogP) is 8.72. The number of Topliss-reactive ketones (excluding diaryl/α,β-unsaturated/α-hetero) is 1. The van der Waals surface area contributed by atoms with Gasteiger partial charge in [0.25, 0.3) is 0 Å². The van der Waals surface area contributed by atoms with Crippen molar-refractivity contribution < 1.29 is 9.90 Å². The number of allylic oxidation sites excluding steroid dienone is 5. The Morgan fingerprint density at radius 2 is 1.30 bits per heavy atom. The zero-order valence-corrected chi connectivity index (χ0v) is 23.2. The molecule has 2 rings (SSSR count). The molecule has 2 nitrogen and oxygen atoms in total. The molecule has 2 heteroatoms. The molecule has 0 unspecified atom stereocenters. The zero-order chi connectivity index (χ0) is 25.6. The average molecular weight is 451 g/mol. The molecule has 0 amide bonds. The highest BCUT2D eigenvalue weighted by atomic mass is 16.3. The van der Waals surface area contributed by atoms with Crippen LogP contribution in [0.3, 0.4) is 0 Å². The average Bonchev–Trinajstić information content (AvgIpc) is 2.56. The number of phenolic OH excluding ortho intramolecular Hbond substituents is 1. The highest BCUT2D eigenvalue weighted by molar-refractivity contribution is 6.11. The molecule has 1 aromatic carbocycles. The number of rotatable bonds is 5. The van der Waals surface area contributed by atoms with E-state index in [0.29, 0.717) is 5.75 Å². The van der Waals surface area contributed by atoms with Gasteiger partial charge in [-0.15, -0.1) is 0 Å². The van der Waals surface area contributed by atoms with Crippen molar-refractivity contribution in [2.75, 3.05) is 0 Å². The van der Waals surface area contributed by atoms with Crippen LogP contribution in [-0.2, 0) is 10.2 Å². The Labute approximate surface area is 202 Å². The van der Waals surface area contributed by atoms with Gasteiger partial charge in [-0.25, -0.2) is 0 Å². The number of ketones is 1. The van der Waals surface area contributed by atoms with Gasteiger partial charge in [0, 0.05) is 11.1 Å². The van der Waals surface area contributed by atoms with Crippen molar-refractivity contribution in [2.45, 2.75) is 101 Å². The molecule has 0 bridgehead atoms. The van der Waals surface area contributed by atoms with E-state index < -0.39 is 0 Å². The lowest BCUT2D eigenvalue weighted by Crippen LogP contribution is -2.28. The van der Waals surface area contributed by atoms with Gasteiger partial charge in [0.05, 0.1) is 0 Å². The number of hydrogen-bond donors (Lipinski definition) is 1. The summed E-state index contributed by atoms with van der Waals surface area (Å²) in [7, 11) is 0. The summed E-state index contributed by atoms with van der Waals surface area (Å²) in [4.78, 5) is 13.1. The zero-order valence-electron chi connectivity index (χ0n) is 23.2. The normalized spacial score (nSPS) is 17.3. The molecule has 0 atom stereocenters. The van der Waals surface area contributed by atoms with Crippen LogP contribution < -0.4 is 0 Å². The maximum Gasteiger partial charge on any atom is 0.185 e. The molecule has 1 aliphatic carbocycles. The van der Waals surface area contributed by atoms with E-state index in [1.165, 1.54) is 0 Å². The van der Waals surface area contributed by atoms with Gasteiger partial charge in [0.15, 0.2) is 5.78 Å². The van der Waals surface area contributed by atoms with Crippen molar-refractivity contribution in [2.24, 2.45) is 16.2 Å². The summed E-state index contributed by atoms with van der Waals surface area (Å²) < 4.78 is 0. The van der Waals surface area contributed by atoms with E-state index in [4.69, 9.17) is 0 Å². The first-order chi connectivity index (χ1) is 14.7. The summed E-state index contributed by atoms with van der Waals surface area (Å²) in [5.74, 6) is 0.537. The van der Waals surface area contributed by atoms with E-state index in [0.717, 1.165) is 46.3 Å². The van der Waals surface area contributed by atoms with E-state index in [1.54, 1.807) is 0 Å². The standard InChI is InChI=1S/C31H46O2/c1-20-13-22(16-24(26(20)32)30(9,10)18-28(3,4)5)15-23-14-21(2)27(33)25(17-23)31(11,12)19-29(6,7)8/h13-17,32H,18-19H2,1-12H3. The third kappa shape index (κ3) is 6.95. The number of aromatic hydroxyl groups is 1. The van der Waals surface area contributed by atoms with E-state index >= 15 is 0 Å². The van der Waals surface area contributed by atoms with Gasteiger partial charge in [-0.1, -0.05) is 69.2 Å². The van der Waals surface area contributed by atoms with Crippen LogP contribution in [0, 0.1) is 23.2 Å². The van der Waals surface area contributed by atoms with Crippen molar-refractivity contribution in [3.8, 4) is 5.75 Å².